The molecule has 0 aliphatic heterocycles. The van der Waals surface area contributed by atoms with Crippen molar-refractivity contribution >= 4 is 11.5 Å². The summed E-state index contributed by atoms with van der Waals surface area (Å²) < 4.78 is 12.7. The van der Waals surface area contributed by atoms with Crippen molar-refractivity contribution in [2.75, 3.05) is 6.54 Å². The molecular weight excluding hydrogens is 217 g/mol. The molecular formula is C13H16FN3. The molecule has 1 fully saturated rings. The summed E-state index contributed by atoms with van der Waals surface area (Å²) in [6.07, 6.45) is 4.11. The van der Waals surface area contributed by atoms with Gasteiger partial charge in [-0.25, -0.2) is 4.39 Å². The van der Waals surface area contributed by atoms with E-state index in [0.717, 1.165) is 12.1 Å². The summed E-state index contributed by atoms with van der Waals surface area (Å²) in [4.78, 5) is 4.23. The number of rotatable bonds is 4. The molecule has 0 atom stereocenters. The Kier molecular flexibility index (Phi) is 3.42. The fraction of sp³-hybridized carbons (Fsp3) is 0.308. The topological polar surface area (TPSA) is 64.4 Å². The number of hydrogen-bond acceptors (Lipinski definition) is 2. The summed E-state index contributed by atoms with van der Waals surface area (Å²) in [6, 6.07) is 5.98. The van der Waals surface area contributed by atoms with Gasteiger partial charge in [-0.15, -0.1) is 0 Å². The van der Waals surface area contributed by atoms with E-state index >= 15 is 0 Å². The van der Waals surface area contributed by atoms with E-state index in [0.29, 0.717) is 17.5 Å². The van der Waals surface area contributed by atoms with E-state index < -0.39 is 0 Å². The molecule has 1 aliphatic rings. The van der Waals surface area contributed by atoms with Crippen LogP contribution in [0.25, 0.3) is 5.70 Å². The van der Waals surface area contributed by atoms with Gasteiger partial charge < -0.3 is 11.5 Å². The first kappa shape index (κ1) is 11.6. The van der Waals surface area contributed by atoms with E-state index in [1.54, 1.807) is 18.2 Å². The van der Waals surface area contributed by atoms with Crippen LogP contribution in [0, 0.1) is 11.7 Å². The van der Waals surface area contributed by atoms with Gasteiger partial charge in [0, 0.05) is 18.3 Å². The number of nitrogens with zero attached hydrogens (tertiary/aromatic N) is 1. The van der Waals surface area contributed by atoms with Crippen LogP contribution in [0.3, 0.4) is 0 Å². The molecule has 1 saturated carbocycles. The highest BCUT2D eigenvalue weighted by Crippen LogP contribution is 2.28. The van der Waals surface area contributed by atoms with E-state index in [1.165, 1.54) is 25.0 Å². The molecule has 3 nitrogen and oxygen atoms in total. The third kappa shape index (κ3) is 3.59. The predicted molar refractivity (Wildman–Crippen MR) is 67.8 cm³/mol. The molecule has 0 bridgehead atoms. The van der Waals surface area contributed by atoms with Crippen LogP contribution in [-0.4, -0.2) is 12.4 Å². The second-order valence-electron chi connectivity index (χ2n) is 4.32. The molecule has 0 spiro atoms. The van der Waals surface area contributed by atoms with E-state index in [-0.39, 0.29) is 5.82 Å². The second-order valence-corrected chi connectivity index (χ2v) is 4.32. The summed E-state index contributed by atoms with van der Waals surface area (Å²) in [5, 5.41) is 0. The second kappa shape index (κ2) is 4.99. The Bertz CT molecular complexity index is 444. The lowest BCUT2D eigenvalue weighted by Crippen LogP contribution is -2.12. The van der Waals surface area contributed by atoms with Crippen molar-refractivity contribution in [2.24, 2.45) is 22.4 Å². The molecule has 1 aromatic carbocycles. The van der Waals surface area contributed by atoms with Crippen LogP contribution in [0.15, 0.2) is 35.3 Å². The molecule has 0 aromatic heterocycles. The molecule has 0 heterocycles. The first-order valence-electron chi connectivity index (χ1n) is 5.68. The third-order valence-electron chi connectivity index (χ3n) is 2.71. The van der Waals surface area contributed by atoms with Gasteiger partial charge in [0.25, 0.3) is 0 Å². The number of aliphatic imine (C=N–C) groups is 1. The molecule has 0 radical (unpaired) electrons. The van der Waals surface area contributed by atoms with E-state index in [1.807, 2.05) is 0 Å². The van der Waals surface area contributed by atoms with Crippen LogP contribution in [0.4, 0.5) is 4.39 Å². The molecule has 1 aliphatic carbocycles. The number of halogens is 1. The molecule has 4 N–H and O–H groups in total. The number of benzene rings is 1. The largest absolute Gasteiger partial charge is 0.398 e. The van der Waals surface area contributed by atoms with E-state index in [9.17, 15) is 4.39 Å². The summed E-state index contributed by atoms with van der Waals surface area (Å²) in [5.74, 6) is 0.852. The highest BCUT2D eigenvalue weighted by atomic mass is 19.1. The van der Waals surface area contributed by atoms with Gasteiger partial charge in [0.1, 0.15) is 11.7 Å². The average Bonchev–Trinajstić information content (AvgIpc) is 3.11. The smallest absolute Gasteiger partial charge is 0.123 e. The summed E-state index contributed by atoms with van der Waals surface area (Å²) in [5.41, 5.74) is 12.8. The summed E-state index contributed by atoms with van der Waals surface area (Å²) in [6.45, 7) is 0.777. The summed E-state index contributed by atoms with van der Waals surface area (Å²) in [7, 11) is 0. The first-order chi connectivity index (χ1) is 8.15. The van der Waals surface area contributed by atoms with Gasteiger partial charge >= 0.3 is 0 Å². The van der Waals surface area contributed by atoms with Crippen molar-refractivity contribution in [1.29, 1.82) is 0 Å². The highest BCUT2D eigenvalue weighted by molar-refractivity contribution is 5.97. The Labute approximate surface area is 100 Å². The standard InChI is InChI=1S/C13H16FN3/c14-11-5-3-10(4-6-11)12(15)7-13(16)17-8-9-1-2-9/h3-7,9H,1-2,8,15H2,(H2,16,17). The lowest BCUT2D eigenvalue weighted by Gasteiger charge is -2.01. The van der Waals surface area contributed by atoms with Crippen LogP contribution >= 0.6 is 0 Å². The maximum absolute atomic E-state index is 12.7. The van der Waals surface area contributed by atoms with Crippen molar-refractivity contribution in [1.82, 2.24) is 0 Å². The van der Waals surface area contributed by atoms with Crippen molar-refractivity contribution in [3.63, 3.8) is 0 Å². The zero-order valence-corrected chi connectivity index (χ0v) is 9.57. The minimum Gasteiger partial charge on any atom is -0.398 e. The maximum atomic E-state index is 12.7. The van der Waals surface area contributed by atoms with Crippen molar-refractivity contribution in [2.45, 2.75) is 12.8 Å². The minimum atomic E-state index is -0.281. The number of amidine groups is 1. The quantitative estimate of drug-likeness (QED) is 0.616. The lowest BCUT2D eigenvalue weighted by atomic mass is 10.1. The van der Waals surface area contributed by atoms with Gasteiger partial charge in [-0.05, 0) is 36.5 Å². The first-order valence-corrected chi connectivity index (χ1v) is 5.68. The van der Waals surface area contributed by atoms with Gasteiger partial charge in [0.2, 0.25) is 0 Å². The fourth-order valence-corrected chi connectivity index (χ4v) is 1.47. The van der Waals surface area contributed by atoms with E-state index in [2.05, 4.69) is 4.99 Å². The highest BCUT2D eigenvalue weighted by Gasteiger charge is 2.20. The third-order valence-corrected chi connectivity index (χ3v) is 2.71. The normalized spacial score (nSPS) is 17.2. The molecule has 17 heavy (non-hydrogen) atoms. The van der Waals surface area contributed by atoms with Gasteiger partial charge in [-0.2, -0.15) is 0 Å². The summed E-state index contributed by atoms with van der Waals surface area (Å²) >= 11 is 0. The molecule has 4 heteroatoms. The van der Waals surface area contributed by atoms with Crippen LogP contribution in [-0.2, 0) is 0 Å². The number of nitrogens with two attached hydrogens (primary N) is 2. The van der Waals surface area contributed by atoms with Gasteiger partial charge in [-0.3, -0.25) is 4.99 Å². The van der Waals surface area contributed by atoms with Crippen LogP contribution < -0.4 is 11.5 Å². The Morgan fingerprint density at radius 1 is 1.29 bits per heavy atom. The Balaban J connectivity index is 2.04. The lowest BCUT2D eigenvalue weighted by molar-refractivity contribution is 0.627. The SMILES string of the molecule is NC(=CC(N)=NCC1CC1)c1ccc(F)cc1. The Morgan fingerprint density at radius 3 is 2.53 bits per heavy atom. The van der Waals surface area contributed by atoms with Gasteiger partial charge in [0.05, 0.1) is 0 Å². The minimum absolute atomic E-state index is 0.281. The Hall–Kier alpha value is -1.84. The van der Waals surface area contributed by atoms with Crippen LogP contribution in [0.5, 0.6) is 0 Å². The molecule has 0 unspecified atom stereocenters. The average molecular weight is 233 g/mol. The van der Waals surface area contributed by atoms with Crippen LogP contribution in [0.2, 0.25) is 0 Å². The van der Waals surface area contributed by atoms with Gasteiger partial charge in [0.15, 0.2) is 0 Å². The van der Waals surface area contributed by atoms with Crippen molar-refractivity contribution < 1.29 is 4.39 Å². The van der Waals surface area contributed by atoms with Crippen molar-refractivity contribution in [3.8, 4) is 0 Å². The predicted octanol–water partition coefficient (Wildman–Crippen LogP) is 1.89. The van der Waals surface area contributed by atoms with Crippen molar-refractivity contribution in [3.05, 3.63) is 41.7 Å². The zero-order chi connectivity index (χ0) is 12.3. The zero-order valence-electron chi connectivity index (χ0n) is 9.57. The monoisotopic (exact) mass is 233 g/mol. The fourth-order valence-electron chi connectivity index (χ4n) is 1.47. The maximum Gasteiger partial charge on any atom is 0.123 e. The van der Waals surface area contributed by atoms with Gasteiger partial charge in [-0.1, -0.05) is 12.1 Å². The molecule has 1 aromatic rings. The Morgan fingerprint density at radius 2 is 1.94 bits per heavy atom. The number of hydrogen-bond donors (Lipinski definition) is 2. The van der Waals surface area contributed by atoms with Crippen LogP contribution in [0.1, 0.15) is 18.4 Å². The molecule has 90 valence electrons. The van der Waals surface area contributed by atoms with E-state index in [4.69, 9.17) is 11.5 Å². The molecule has 0 saturated heterocycles. The molecule has 2 rings (SSSR count). The molecule has 0 amide bonds.